The summed E-state index contributed by atoms with van der Waals surface area (Å²) in [4.78, 5) is 72.1. The van der Waals surface area contributed by atoms with Crippen molar-refractivity contribution in [2.45, 2.75) is 180 Å². The van der Waals surface area contributed by atoms with Gasteiger partial charge in [0.05, 0.1) is 37.6 Å². The van der Waals surface area contributed by atoms with Gasteiger partial charge >= 0.3 is 5.97 Å². The number of piperidine rings is 1. The van der Waals surface area contributed by atoms with Crippen LogP contribution in [0.1, 0.15) is 126 Å². The number of fused-ring (bicyclic) bond motifs is 3. The molecule has 15 atom stereocenters. The zero-order valence-electron chi connectivity index (χ0n) is 42.4. The number of amides is 1. The maximum Gasteiger partial charge on any atom is 0.329 e. The van der Waals surface area contributed by atoms with Crippen molar-refractivity contribution >= 4 is 29.2 Å². The Hall–Kier alpha value is -3.41. The number of aliphatic hydroxyl groups is 3. The largest absolute Gasteiger partial charge is 0.460 e. The molecule has 0 aromatic heterocycles. The number of aliphatic hydroxyl groups excluding tert-OH is 2. The number of rotatable bonds is 9. The van der Waals surface area contributed by atoms with Crippen molar-refractivity contribution in [3.63, 3.8) is 0 Å². The first-order valence-electron chi connectivity index (χ1n) is 25.0. The highest BCUT2D eigenvalue weighted by molar-refractivity contribution is 6.39. The van der Waals surface area contributed by atoms with Gasteiger partial charge in [0.15, 0.2) is 5.78 Å². The average Bonchev–Trinajstić information content (AvgIpc) is 3.32. The lowest BCUT2D eigenvalue weighted by Gasteiger charge is -2.42. The van der Waals surface area contributed by atoms with Crippen molar-refractivity contribution in [2.75, 3.05) is 41.1 Å². The Kier molecular flexibility index (Phi) is 22.9. The number of hydrogen-bond donors (Lipinski definition) is 3. The number of carbonyl (C=O) groups excluding carboxylic acids is 5. The van der Waals surface area contributed by atoms with Crippen LogP contribution < -0.4 is 0 Å². The summed E-state index contributed by atoms with van der Waals surface area (Å²) in [5, 5.41) is 32.8. The Bertz CT molecular complexity index is 1810. The van der Waals surface area contributed by atoms with E-state index in [4.69, 9.17) is 28.4 Å². The number of carbonyl (C=O) groups is 5. The number of nitrogens with zero attached hydrogens (tertiary/aromatic N) is 1. The molecule has 384 valence electrons. The maximum atomic E-state index is 14.5. The van der Waals surface area contributed by atoms with E-state index >= 15 is 0 Å². The molecule has 0 radical (unpaired) electrons. The van der Waals surface area contributed by atoms with Crippen molar-refractivity contribution in [2.24, 2.45) is 35.5 Å². The van der Waals surface area contributed by atoms with Crippen molar-refractivity contribution in [1.29, 1.82) is 0 Å². The normalized spacial score (nSPS) is 39.2. The van der Waals surface area contributed by atoms with Crippen LogP contribution >= 0.6 is 0 Å². The van der Waals surface area contributed by atoms with Gasteiger partial charge in [-0.25, -0.2) is 4.79 Å². The van der Waals surface area contributed by atoms with Crippen LogP contribution in [0, 0.1) is 35.5 Å². The van der Waals surface area contributed by atoms with E-state index in [2.05, 4.69) is 0 Å². The molecule has 3 aliphatic heterocycles. The van der Waals surface area contributed by atoms with E-state index in [9.17, 15) is 39.3 Å². The highest BCUT2D eigenvalue weighted by Crippen LogP contribution is 2.38. The highest BCUT2D eigenvalue weighted by Gasteiger charge is 2.53. The number of methoxy groups -OCH3 is 3. The van der Waals surface area contributed by atoms with Gasteiger partial charge in [0.1, 0.15) is 30.1 Å². The molecule has 4 rings (SSSR count). The molecule has 0 spiro atoms. The Balaban J connectivity index is 1.70. The molecular formula is C53H83NO14. The third-order valence-corrected chi connectivity index (χ3v) is 14.9. The van der Waals surface area contributed by atoms with Gasteiger partial charge in [0.25, 0.3) is 11.7 Å². The second-order valence-corrected chi connectivity index (χ2v) is 20.2. The van der Waals surface area contributed by atoms with E-state index in [1.807, 2.05) is 58.1 Å². The molecule has 3 heterocycles. The molecule has 1 amide bonds. The van der Waals surface area contributed by atoms with E-state index in [1.165, 1.54) is 12.0 Å². The summed E-state index contributed by atoms with van der Waals surface area (Å²) < 4.78 is 35.6. The standard InChI is InChI=1S/C53H83NO14/c1-32-16-12-11-13-17-33(2)44(63-8)30-40-21-19-38(7)53(62,68-40)50(59)51(60)54-23-15-14-18-41(54)52(61)67-45(35(4)28-39-20-22-43(66-25-24-55)46(29-39)64-9)31-42(56)34(3)27-37(6)48(58)49(65-10)47(57)36(5)26-32/h11-13,16-17,27,32,34-36,38-41,43-46,48-49,55,58,62H,14-15,18-26,28-31H2,1-10H3/b13-11+,16-12+,33-17+,37-27+/t32-,34-,35-,36-,38-,39+,40?,41+,43-,44+,45+,46-,48-,49+,53-/m1/s1. The van der Waals surface area contributed by atoms with Gasteiger partial charge in [-0.1, -0.05) is 71.1 Å². The number of ketones is 3. The van der Waals surface area contributed by atoms with Gasteiger partial charge in [-0.05, 0) is 107 Å². The number of ether oxygens (including phenoxy) is 6. The van der Waals surface area contributed by atoms with E-state index in [0.717, 1.165) is 12.0 Å². The van der Waals surface area contributed by atoms with Crippen LogP contribution in [-0.4, -0.2) is 145 Å². The van der Waals surface area contributed by atoms with Gasteiger partial charge in [-0.2, -0.15) is 0 Å². The predicted molar refractivity (Wildman–Crippen MR) is 256 cm³/mol. The Morgan fingerprint density at radius 3 is 2.26 bits per heavy atom. The van der Waals surface area contributed by atoms with Crippen LogP contribution in [0.4, 0.5) is 0 Å². The third kappa shape index (κ3) is 15.3. The molecule has 2 saturated heterocycles. The molecule has 0 aromatic carbocycles. The van der Waals surface area contributed by atoms with E-state index in [-0.39, 0.29) is 74.1 Å². The fraction of sp³-hybridized carbons (Fsp3) is 0.755. The van der Waals surface area contributed by atoms with Crippen LogP contribution in [0.25, 0.3) is 0 Å². The molecule has 1 saturated carbocycles. The molecule has 1 unspecified atom stereocenters. The summed E-state index contributed by atoms with van der Waals surface area (Å²) >= 11 is 0. The van der Waals surface area contributed by atoms with E-state index < -0.39 is 77.8 Å². The first-order chi connectivity index (χ1) is 32.3. The minimum atomic E-state index is -2.43. The first-order valence-corrected chi connectivity index (χ1v) is 25.0. The second-order valence-electron chi connectivity index (χ2n) is 20.2. The predicted octanol–water partition coefficient (Wildman–Crippen LogP) is 6.20. The quantitative estimate of drug-likeness (QED) is 0.134. The highest BCUT2D eigenvalue weighted by atomic mass is 16.6. The lowest BCUT2D eigenvalue weighted by molar-refractivity contribution is -0.265. The topological polar surface area (TPSA) is 205 Å². The molecular weight excluding hydrogens is 875 g/mol. The van der Waals surface area contributed by atoms with Crippen molar-refractivity contribution in [1.82, 2.24) is 4.90 Å². The second kappa shape index (κ2) is 27.3. The van der Waals surface area contributed by atoms with Crippen LogP contribution in [0.5, 0.6) is 0 Å². The lowest BCUT2D eigenvalue weighted by atomic mass is 9.78. The Morgan fingerprint density at radius 1 is 0.853 bits per heavy atom. The Labute approximate surface area is 405 Å². The molecule has 1 aliphatic carbocycles. The third-order valence-electron chi connectivity index (χ3n) is 14.9. The van der Waals surface area contributed by atoms with Gasteiger partial charge in [-0.3, -0.25) is 19.2 Å². The van der Waals surface area contributed by atoms with Crippen LogP contribution in [0.3, 0.4) is 0 Å². The SMILES string of the molecule is CO[C@H]1CC2CC[C@@H](C)[C@@](O)(O2)C(=O)C(=O)N2CCCC[C@H]2C(=O)O[C@H]([C@H](C)C[C@@H]2CC[C@@H](OCCO)[C@H](OC)C2)CC(=O)[C@H](C)/C=C(\C)[C@@H](O)[C@@H](OC)C(=O)[C@H](C)C[C@H](C)/C=C/C=C/C=C/1C. The lowest BCUT2D eigenvalue weighted by Crippen LogP contribution is -2.61. The summed E-state index contributed by atoms with van der Waals surface area (Å²) in [7, 11) is 4.58. The Morgan fingerprint density at radius 2 is 1.59 bits per heavy atom. The fourth-order valence-electron chi connectivity index (χ4n) is 10.5. The van der Waals surface area contributed by atoms with Gasteiger partial charge in [0.2, 0.25) is 5.79 Å². The maximum absolute atomic E-state index is 14.5. The minimum absolute atomic E-state index is 0.0158. The van der Waals surface area contributed by atoms with Crippen LogP contribution in [-0.2, 0) is 52.4 Å². The van der Waals surface area contributed by atoms with Crippen LogP contribution in [0.2, 0.25) is 0 Å². The van der Waals surface area contributed by atoms with Gasteiger partial charge < -0.3 is 48.6 Å². The molecule has 15 nitrogen and oxygen atoms in total. The van der Waals surface area contributed by atoms with Crippen molar-refractivity contribution < 1.29 is 67.7 Å². The van der Waals surface area contributed by atoms with Crippen molar-refractivity contribution in [3.05, 3.63) is 47.6 Å². The molecule has 4 aliphatic rings. The van der Waals surface area contributed by atoms with E-state index in [1.54, 1.807) is 41.1 Å². The zero-order valence-corrected chi connectivity index (χ0v) is 42.4. The first kappa shape index (κ1) is 57.2. The molecule has 68 heavy (non-hydrogen) atoms. The van der Waals surface area contributed by atoms with E-state index in [0.29, 0.717) is 63.4 Å². The average molecular weight is 958 g/mol. The molecule has 0 aromatic rings. The summed E-state index contributed by atoms with van der Waals surface area (Å²) in [5.74, 6) is -7.96. The smallest absolute Gasteiger partial charge is 0.329 e. The zero-order chi connectivity index (χ0) is 50.3. The van der Waals surface area contributed by atoms with Crippen molar-refractivity contribution in [3.8, 4) is 0 Å². The summed E-state index contributed by atoms with van der Waals surface area (Å²) in [5.41, 5.74) is 1.26. The number of esters is 1. The van der Waals surface area contributed by atoms with Gasteiger partial charge in [-0.15, -0.1) is 0 Å². The molecule has 15 heteroatoms. The van der Waals surface area contributed by atoms with Gasteiger partial charge in [0, 0.05) is 58.5 Å². The van der Waals surface area contributed by atoms with Crippen LogP contribution in [0.15, 0.2) is 47.6 Å². The minimum Gasteiger partial charge on any atom is -0.460 e. The summed E-state index contributed by atoms with van der Waals surface area (Å²) in [6, 6.07) is -1.14. The number of Topliss-reactive ketones (excluding diaryl/α,β-unsaturated/α-hetero) is 3. The molecule has 2 bridgehead atoms. The number of hydrogen-bond acceptors (Lipinski definition) is 14. The number of allylic oxidation sites excluding steroid dienone is 6. The summed E-state index contributed by atoms with van der Waals surface area (Å²) in [6.45, 7) is 12.9. The number of cyclic esters (lactones) is 1. The molecule has 3 fully saturated rings. The summed E-state index contributed by atoms with van der Waals surface area (Å²) in [6.07, 6.45) is 12.0. The fourth-order valence-corrected chi connectivity index (χ4v) is 10.5. The monoisotopic (exact) mass is 958 g/mol. The molecule has 3 N–H and O–H groups in total.